The second-order valence-corrected chi connectivity index (χ2v) is 6.07. The number of tetrazole rings is 1. The maximum Gasteiger partial charge on any atom is 0.227 e. The summed E-state index contributed by atoms with van der Waals surface area (Å²) in [5.74, 6) is 0.440. The van der Waals surface area contributed by atoms with Crippen LogP contribution in [0, 0.1) is 0 Å². The molecule has 1 heterocycles. The second kappa shape index (κ2) is 8.39. The SMILES string of the molecule is O=C(Cc1nnnn1CCc1ccccc1)NCc1ccc(Cl)cc1. The Bertz CT molecular complexity index is 817. The molecule has 1 amide bonds. The van der Waals surface area contributed by atoms with Crippen molar-refractivity contribution in [2.75, 3.05) is 0 Å². The summed E-state index contributed by atoms with van der Waals surface area (Å²) in [6.45, 7) is 1.08. The molecule has 0 bridgehead atoms. The van der Waals surface area contributed by atoms with Crippen molar-refractivity contribution >= 4 is 17.5 Å². The van der Waals surface area contributed by atoms with Crippen molar-refractivity contribution in [1.29, 1.82) is 0 Å². The third kappa shape index (κ3) is 5.12. The predicted molar refractivity (Wildman–Crippen MR) is 95.0 cm³/mol. The van der Waals surface area contributed by atoms with Gasteiger partial charge in [0.25, 0.3) is 0 Å². The van der Waals surface area contributed by atoms with Crippen LogP contribution in [0.25, 0.3) is 0 Å². The van der Waals surface area contributed by atoms with Gasteiger partial charge in [0.2, 0.25) is 5.91 Å². The van der Waals surface area contributed by atoms with Crippen LogP contribution in [0.3, 0.4) is 0 Å². The molecule has 0 aliphatic heterocycles. The molecule has 25 heavy (non-hydrogen) atoms. The molecule has 3 rings (SSSR count). The van der Waals surface area contributed by atoms with Crippen molar-refractivity contribution in [1.82, 2.24) is 25.5 Å². The molecule has 2 aromatic carbocycles. The quantitative estimate of drug-likeness (QED) is 0.706. The zero-order valence-electron chi connectivity index (χ0n) is 13.6. The average Bonchev–Trinajstić information content (AvgIpc) is 3.07. The van der Waals surface area contributed by atoms with Gasteiger partial charge in [0.05, 0.1) is 6.42 Å². The number of benzene rings is 2. The number of carbonyl (C=O) groups excluding carboxylic acids is 1. The summed E-state index contributed by atoms with van der Waals surface area (Å²) in [5, 5.41) is 15.2. The van der Waals surface area contributed by atoms with Crippen molar-refractivity contribution in [3.63, 3.8) is 0 Å². The minimum absolute atomic E-state index is 0.120. The first-order chi connectivity index (χ1) is 12.2. The van der Waals surface area contributed by atoms with Gasteiger partial charge in [-0.2, -0.15) is 0 Å². The van der Waals surface area contributed by atoms with Crippen molar-refractivity contribution in [3.8, 4) is 0 Å². The summed E-state index contributed by atoms with van der Waals surface area (Å²) in [5.41, 5.74) is 2.19. The van der Waals surface area contributed by atoms with Crippen LogP contribution in [0.4, 0.5) is 0 Å². The van der Waals surface area contributed by atoms with E-state index in [1.54, 1.807) is 16.8 Å². The van der Waals surface area contributed by atoms with Gasteiger partial charge < -0.3 is 5.32 Å². The summed E-state index contributed by atoms with van der Waals surface area (Å²) in [7, 11) is 0. The molecule has 0 atom stereocenters. The van der Waals surface area contributed by atoms with Gasteiger partial charge in [-0.3, -0.25) is 4.79 Å². The molecule has 3 aromatic rings. The summed E-state index contributed by atoms with van der Waals surface area (Å²) >= 11 is 5.85. The van der Waals surface area contributed by atoms with Crippen LogP contribution in [0.1, 0.15) is 17.0 Å². The van der Waals surface area contributed by atoms with Crippen LogP contribution in [-0.2, 0) is 30.7 Å². The smallest absolute Gasteiger partial charge is 0.227 e. The standard InChI is InChI=1S/C18H18ClN5O/c19-16-8-6-15(7-9-16)13-20-18(25)12-17-21-22-23-24(17)11-10-14-4-2-1-3-5-14/h1-9H,10-13H2,(H,20,25). The fraction of sp³-hybridized carbons (Fsp3) is 0.222. The number of rotatable bonds is 7. The van der Waals surface area contributed by atoms with Crippen LogP contribution in [0.15, 0.2) is 54.6 Å². The Kier molecular flexibility index (Phi) is 5.74. The van der Waals surface area contributed by atoms with Gasteiger partial charge in [-0.05, 0) is 40.1 Å². The van der Waals surface area contributed by atoms with Gasteiger partial charge in [0.15, 0.2) is 5.82 Å². The number of hydrogen-bond donors (Lipinski definition) is 1. The fourth-order valence-electron chi connectivity index (χ4n) is 2.41. The van der Waals surface area contributed by atoms with E-state index in [0.717, 1.165) is 12.0 Å². The van der Waals surface area contributed by atoms with Crippen molar-refractivity contribution < 1.29 is 4.79 Å². The molecule has 0 fully saturated rings. The molecule has 128 valence electrons. The van der Waals surface area contributed by atoms with E-state index in [9.17, 15) is 4.79 Å². The van der Waals surface area contributed by atoms with Gasteiger partial charge in [-0.15, -0.1) is 5.10 Å². The maximum atomic E-state index is 12.1. The van der Waals surface area contributed by atoms with Crippen LogP contribution in [0.5, 0.6) is 0 Å². The first-order valence-electron chi connectivity index (χ1n) is 8.01. The van der Waals surface area contributed by atoms with Crippen molar-refractivity contribution in [2.24, 2.45) is 0 Å². The highest BCUT2D eigenvalue weighted by atomic mass is 35.5. The molecule has 7 heteroatoms. The molecule has 1 aromatic heterocycles. The van der Waals surface area contributed by atoms with Crippen LogP contribution in [-0.4, -0.2) is 26.1 Å². The summed E-state index contributed by atoms with van der Waals surface area (Å²) in [4.78, 5) is 12.1. The maximum absolute atomic E-state index is 12.1. The zero-order valence-corrected chi connectivity index (χ0v) is 14.4. The summed E-state index contributed by atoms with van der Waals surface area (Å²) in [6.07, 6.45) is 0.959. The minimum atomic E-state index is -0.120. The lowest BCUT2D eigenvalue weighted by Crippen LogP contribution is -2.26. The molecule has 6 nitrogen and oxygen atoms in total. The summed E-state index contributed by atoms with van der Waals surface area (Å²) < 4.78 is 1.68. The minimum Gasteiger partial charge on any atom is -0.352 e. The lowest BCUT2D eigenvalue weighted by Gasteiger charge is -2.07. The largest absolute Gasteiger partial charge is 0.352 e. The van der Waals surface area contributed by atoms with E-state index in [4.69, 9.17) is 11.6 Å². The predicted octanol–water partition coefficient (Wildman–Crippen LogP) is 2.43. The van der Waals surface area contributed by atoms with Gasteiger partial charge in [0, 0.05) is 18.1 Å². The number of nitrogens with one attached hydrogen (secondary N) is 1. The van der Waals surface area contributed by atoms with Crippen LogP contribution in [0.2, 0.25) is 5.02 Å². The van der Waals surface area contributed by atoms with Gasteiger partial charge in [0.1, 0.15) is 0 Å². The summed E-state index contributed by atoms with van der Waals surface area (Å²) in [6, 6.07) is 17.5. The molecule has 0 saturated carbocycles. The highest BCUT2D eigenvalue weighted by molar-refractivity contribution is 6.30. The number of carbonyl (C=O) groups is 1. The van der Waals surface area contributed by atoms with E-state index in [1.165, 1.54) is 5.56 Å². The van der Waals surface area contributed by atoms with Crippen molar-refractivity contribution in [3.05, 3.63) is 76.6 Å². The van der Waals surface area contributed by atoms with Gasteiger partial charge >= 0.3 is 0 Å². The Morgan fingerprint density at radius 3 is 2.56 bits per heavy atom. The van der Waals surface area contributed by atoms with Crippen LogP contribution < -0.4 is 5.32 Å². The highest BCUT2D eigenvalue weighted by Gasteiger charge is 2.11. The topological polar surface area (TPSA) is 72.7 Å². The second-order valence-electron chi connectivity index (χ2n) is 5.63. The van der Waals surface area contributed by atoms with E-state index in [1.807, 2.05) is 30.3 Å². The Labute approximate surface area is 150 Å². The van der Waals surface area contributed by atoms with E-state index >= 15 is 0 Å². The van der Waals surface area contributed by atoms with Gasteiger partial charge in [-0.25, -0.2) is 4.68 Å². The molecule has 0 aliphatic carbocycles. The molecular formula is C18H18ClN5O. The number of hydrogen-bond acceptors (Lipinski definition) is 4. The molecular weight excluding hydrogens is 338 g/mol. The lowest BCUT2D eigenvalue weighted by atomic mass is 10.1. The number of nitrogens with zero attached hydrogens (tertiary/aromatic N) is 4. The molecule has 1 N–H and O–H groups in total. The number of aryl methyl sites for hydroxylation is 2. The first kappa shape index (κ1) is 17.1. The first-order valence-corrected chi connectivity index (χ1v) is 8.38. The van der Waals surface area contributed by atoms with E-state index in [2.05, 4.69) is 33.0 Å². The molecule has 0 saturated heterocycles. The number of halogens is 1. The monoisotopic (exact) mass is 355 g/mol. The Morgan fingerprint density at radius 2 is 1.80 bits per heavy atom. The number of aromatic nitrogens is 4. The van der Waals surface area contributed by atoms with E-state index in [0.29, 0.717) is 23.9 Å². The molecule has 0 unspecified atom stereocenters. The molecule has 0 radical (unpaired) electrons. The highest BCUT2D eigenvalue weighted by Crippen LogP contribution is 2.09. The van der Waals surface area contributed by atoms with Crippen LogP contribution >= 0.6 is 11.6 Å². The fourth-order valence-corrected chi connectivity index (χ4v) is 2.54. The lowest BCUT2D eigenvalue weighted by molar-refractivity contribution is -0.120. The normalized spacial score (nSPS) is 10.6. The molecule has 0 aliphatic rings. The third-order valence-corrected chi connectivity index (χ3v) is 4.03. The van der Waals surface area contributed by atoms with E-state index in [-0.39, 0.29) is 12.3 Å². The van der Waals surface area contributed by atoms with Gasteiger partial charge in [-0.1, -0.05) is 54.1 Å². The Balaban J connectivity index is 1.51. The van der Waals surface area contributed by atoms with E-state index < -0.39 is 0 Å². The van der Waals surface area contributed by atoms with Crippen molar-refractivity contribution in [2.45, 2.75) is 25.9 Å². The molecule has 0 spiro atoms. The Hall–Kier alpha value is -2.73. The third-order valence-electron chi connectivity index (χ3n) is 3.78. The Morgan fingerprint density at radius 1 is 1.04 bits per heavy atom. The zero-order chi connectivity index (χ0) is 17.5. The number of amides is 1. The average molecular weight is 356 g/mol.